The molecule has 1 unspecified atom stereocenters. The molecule has 0 amide bonds. The Kier molecular flexibility index (Phi) is 47.5. The van der Waals surface area contributed by atoms with Crippen molar-refractivity contribution in [3.63, 3.8) is 0 Å². The van der Waals surface area contributed by atoms with Crippen molar-refractivity contribution in [1.29, 1.82) is 0 Å². The van der Waals surface area contributed by atoms with Crippen molar-refractivity contribution in [2.75, 3.05) is 13.2 Å². The van der Waals surface area contributed by atoms with E-state index in [1.54, 1.807) is 0 Å². The summed E-state index contributed by atoms with van der Waals surface area (Å²) in [5.74, 6) is -0.981. The van der Waals surface area contributed by atoms with Gasteiger partial charge in [-0.2, -0.15) is 0 Å². The standard InChI is InChI=1S/C57H92O6/c1-4-7-10-13-16-19-22-24-25-26-27-28-29-30-31-33-35-38-41-44-47-50-56(59)62-53-54(52-61-55(58)49-46-43-40-37-34-21-18-15-12-9-6-3)63-57(60)51-48-45-42-39-36-32-23-20-17-14-11-8-5-2/h7,10-11,14-16,18-20,23-25,27-28,30-31,35,38,54H,4-6,8-9,12-13,17,21-22,26,29,32-34,36-37,39-53H2,1-3H3/b10-7-,14-11-,18-15-,19-16-,23-20-,25-24-,28-27-,31-30-,38-35-. The van der Waals surface area contributed by atoms with Gasteiger partial charge in [-0.05, 0) is 116 Å². The van der Waals surface area contributed by atoms with Gasteiger partial charge in [0.2, 0.25) is 0 Å². The summed E-state index contributed by atoms with van der Waals surface area (Å²) in [4.78, 5) is 37.9. The molecule has 0 aromatic carbocycles. The first-order valence-electron chi connectivity index (χ1n) is 25.4. The number of hydrogen-bond donors (Lipinski definition) is 0. The van der Waals surface area contributed by atoms with Gasteiger partial charge in [0, 0.05) is 19.3 Å². The van der Waals surface area contributed by atoms with Crippen LogP contribution in [0, 0.1) is 0 Å². The van der Waals surface area contributed by atoms with Crippen LogP contribution in [0.5, 0.6) is 0 Å². The summed E-state index contributed by atoms with van der Waals surface area (Å²) in [7, 11) is 0. The predicted molar refractivity (Wildman–Crippen MR) is 270 cm³/mol. The van der Waals surface area contributed by atoms with Crippen LogP contribution in [0.15, 0.2) is 109 Å². The van der Waals surface area contributed by atoms with Gasteiger partial charge in [0.05, 0.1) is 0 Å². The summed E-state index contributed by atoms with van der Waals surface area (Å²) < 4.78 is 16.7. The molecule has 1 atom stereocenters. The van der Waals surface area contributed by atoms with Gasteiger partial charge in [-0.1, -0.05) is 188 Å². The number of rotatable bonds is 44. The molecule has 63 heavy (non-hydrogen) atoms. The van der Waals surface area contributed by atoms with E-state index in [2.05, 4.69) is 130 Å². The molecule has 0 aromatic rings. The monoisotopic (exact) mass is 873 g/mol. The van der Waals surface area contributed by atoms with Gasteiger partial charge in [0.1, 0.15) is 13.2 Å². The summed E-state index contributed by atoms with van der Waals surface area (Å²) in [6.07, 6.45) is 67.9. The van der Waals surface area contributed by atoms with E-state index in [4.69, 9.17) is 14.2 Å². The minimum Gasteiger partial charge on any atom is -0.462 e. The third kappa shape index (κ3) is 49.0. The first-order valence-corrected chi connectivity index (χ1v) is 25.4. The fraction of sp³-hybridized carbons (Fsp3) is 0.632. The average molecular weight is 873 g/mol. The number of hydrogen-bond acceptors (Lipinski definition) is 6. The fourth-order valence-electron chi connectivity index (χ4n) is 6.40. The van der Waals surface area contributed by atoms with E-state index in [9.17, 15) is 14.4 Å². The van der Waals surface area contributed by atoms with E-state index in [0.29, 0.717) is 25.7 Å². The lowest BCUT2D eigenvalue weighted by atomic mass is 10.1. The van der Waals surface area contributed by atoms with Crippen molar-refractivity contribution in [2.24, 2.45) is 0 Å². The molecular formula is C57H92O6. The predicted octanol–water partition coefficient (Wildman–Crippen LogP) is 16.8. The molecule has 0 fully saturated rings. The van der Waals surface area contributed by atoms with Crippen LogP contribution in [0.4, 0.5) is 0 Å². The first kappa shape index (κ1) is 59.1. The molecule has 0 radical (unpaired) electrons. The zero-order chi connectivity index (χ0) is 45.8. The van der Waals surface area contributed by atoms with Gasteiger partial charge in [-0.3, -0.25) is 14.4 Å². The fourth-order valence-corrected chi connectivity index (χ4v) is 6.40. The van der Waals surface area contributed by atoms with Crippen molar-refractivity contribution < 1.29 is 28.6 Å². The molecule has 0 heterocycles. The Morgan fingerprint density at radius 3 is 1.08 bits per heavy atom. The van der Waals surface area contributed by atoms with Crippen molar-refractivity contribution in [3.8, 4) is 0 Å². The molecular weight excluding hydrogens is 781 g/mol. The maximum atomic E-state index is 12.8. The normalized spacial score (nSPS) is 13.0. The third-order valence-electron chi connectivity index (χ3n) is 10.2. The number of allylic oxidation sites excluding steroid dienone is 18. The average Bonchev–Trinajstić information content (AvgIpc) is 3.28. The Morgan fingerprint density at radius 2 is 0.651 bits per heavy atom. The van der Waals surface area contributed by atoms with Gasteiger partial charge >= 0.3 is 17.9 Å². The van der Waals surface area contributed by atoms with Crippen LogP contribution in [-0.4, -0.2) is 37.2 Å². The highest BCUT2D eigenvalue weighted by atomic mass is 16.6. The van der Waals surface area contributed by atoms with Crippen LogP contribution in [0.1, 0.15) is 213 Å². The number of carbonyl (C=O) groups excluding carboxylic acids is 3. The van der Waals surface area contributed by atoms with Crippen LogP contribution in [0.2, 0.25) is 0 Å². The Bertz CT molecular complexity index is 1330. The highest BCUT2D eigenvalue weighted by molar-refractivity contribution is 5.71. The second-order valence-corrected chi connectivity index (χ2v) is 16.3. The maximum Gasteiger partial charge on any atom is 0.306 e. The summed E-state index contributed by atoms with van der Waals surface area (Å²) in [5, 5.41) is 0. The Hall–Kier alpha value is -3.93. The van der Waals surface area contributed by atoms with E-state index in [1.165, 1.54) is 32.1 Å². The van der Waals surface area contributed by atoms with E-state index in [-0.39, 0.29) is 31.1 Å². The number of carbonyl (C=O) groups is 3. The molecule has 0 rings (SSSR count). The molecule has 356 valence electrons. The molecule has 0 aliphatic rings. The summed E-state index contributed by atoms with van der Waals surface area (Å²) in [6, 6.07) is 0. The molecule has 0 bridgehead atoms. The molecule has 0 aromatic heterocycles. The second kappa shape index (κ2) is 50.7. The summed E-state index contributed by atoms with van der Waals surface area (Å²) in [5.41, 5.74) is 0. The van der Waals surface area contributed by atoms with Gasteiger partial charge in [-0.25, -0.2) is 0 Å². The summed E-state index contributed by atoms with van der Waals surface area (Å²) in [6.45, 7) is 6.34. The minimum atomic E-state index is -0.807. The van der Waals surface area contributed by atoms with Gasteiger partial charge in [-0.15, -0.1) is 0 Å². The van der Waals surface area contributed by atoms with E-state index in [0.717, 1.165) is 135 Å². The molecule has 0 N–H and O–H groups in total. The van der Waals surface area contributed by atoms with E-state index in [1.807, 2.05) is 0 Å². The van der Waals surface area contributed by atoms with Crippen molar-refractivity contribution >= 4 is 17.9 Å². The Morgan fingerprint density at radius 1 is 0.333 bits per heavy atom. The molecule has 0 saturated carbocycles. The van der Waals surface area contributed by atoms with Crippen molar-refractivity contribution in [2.45, 2.75) is 219 Å². The van der Waals surface area contributed by atoms with E-state index >= 15 is 0 Å². The Labute approximate surface area is 387 Å². The van der Waals surface area contributed by atoms with Gasteiger partial charge in [0.25, 0.3) is 0 Å². The summed E-state index contributed by atoms with van der Waals surface area (Å²) >= 11 is 0. The molecule has 0 aliphatic heterocycles. The highest BCUT2D eigenvalue weighted by Crippen LogP contribution is 2.12. The van der Waals surface area contributed by atoms with Crippen LogP contribution in [-0.2, 0) is 28.6 Å². The maximum absolute atomic E-state index is 12.8. The molecule has 0 saturated heterocycles. The van der Waals surface area contributed by atoms with E-state index < -0.39 is 6.10 Å². The second-order valence-electron chi connectivity index (χ2n) is 16.3. The molecule has 6 nitrogen and oxygen atoms in total. The lowest BCUT2D eigenvalue weighted by Gasteiger charge is -2.18. The van der Waals surface area contributed by atoms with Gasteiger partial charge < -0.3 is 14.2 Å². The zero-order valence-electron chi connectivity index (χ0n) is 40.5. The zero-order valence-corrected chi connectivity index (χ0v) is 40.5. The molecule has 0 spiro atoms. The smallest absolute Gasteiger partial charge is 0.306 e. The van der Waals surface area contributed by atoms with Crippen LogP contribution in [0.3, 0.4) is 0 Å². The largest absolute Gasteiger partial charge is 0.462 e. The van der Waals surface area contributed by atoms with Crippen LogP contribution in [0.25, 0.3) is 0 Å². The van der Waals surface area contributed by atoms with Crippen molar-refractivity contribution in [3.05, 3.63) is 109 Å². The topological polar surface area (TPSA) is 78.9 Å². The SMILES string of the molecule is CC/C=C\C/C=C\C/C=C\C/C=C\C/C=C\C/C=C\CCCCC(=O)OCC(COC(=O)CCCCCCC/C=C\CCCC)OC(=O)CCCCCCC/C=C\C/C=C\CCC. The highest BCUT2D eigenvalue weighted by Gasteiger charge is 2.19. The van der Waals surface area contributed by atoms with Crippen molar-refractivity contribution in [1.82, 2.24) is 0 Å². The van der Waals surface area contributed by atoms with Crippen LogP contribution >= 0.6 is 0 Å². The quantitative estimate of drug-likeness (QED) is 0.0263. The minimum absolute atomic E-state index is 0.104. The molecule has 0 aliphatic carbocycles. The first-order chi connectivity index (χ1) is 31.0. The third-order valence-corrected chi connectivity index (χ3v) is 10.2. The number of esters is 3. The lowest BCUT2D eigenvalue weighted by Crippen LogP contribution is -2.30. The van der Waals surface area contributed by atoms with Crippen LogP contribution < -0.4 is 0 Å². The van der Waals surface area contributed by atoms with Gasteiger partial charge in [0.15, 0.2) is 6.10 Å². The Balaban J connectivity index is 4.47. The number of unbranched alkanes of at least 4 members (excludes halogenated alkanes) is 15. The molecule has 6 heteroatoms. The lowest BCUT2D eigenvalue weighted by molar-refractivity contribution is -0.167. The number of ether oxygens (including phenoxy) is 3.